The highest BCUT2D eigenvalue weighted by Crippen LogP contribution is 2.45. The predicted molar refractivity (Wildman–Crippen MR) is 123 cm³/mol. The van der Waals surface area contributed by atoms with Gasteiger partial charge in [-0.05, 0) is 62.4 Å². The summed E-state index contributed by atoms with van der Waals surface area (Å²) in [6, 6.07) is 9.91. The zero-order valence-corrected chi connectivity index (χ0v) is 19.0. The topological polar surface area (TPSA) is 34.1 Å². The summed E-state index contributed by atoms with van der Waals surface area (Å²) in [7, 11) is 3.32. The highest BCUT2D eigenvalue weighted by atomic mass is 35.5. The average Bonchev–Trinajstić information content (AvgIpc) is 2.68. The third-order valence-corrected chi connectivity index (χ3v) is 5.97. The highest BCUT2D eigenvalue weighted by molar-refractivity contribution is 6.32. The van der Waals surface area contributed by atoms with Crippen LogP contribution in [0, 0.1) is 0 Å². The first-order valence-electron chi connectivity index (χ1n) is 10.2. The van der Waals surface area contributed by atoms with Gasteiger partial charge in [-0.15, -0.1) is 0 Å². The molecule has 2 aromatic carbocycles. The zero-order valence-electron chi connectivity index (χ0n) is 18.3. The smallest absolute Gasteiger partial charge is 0.137 e. The van der Waals surface area contributed by atoms with Crippen molar-refractivity contribution in [2.45, 2.75) is 52.0 Å². The van der Waals surface area contributed by atoms with Crippen LogP contribution in [0.25, 0.3) is 0 Å². The summed E-state index contributed by atoms with van der Waals surface area (Å²) in [5.74, 6) is 1.95. The Hall–Kier alpha value is -2.20. The number of benzene rings is 2. The predicted octanol–water partition coefficient (Wildman–Crippen LogP) is 6.61. The molecule has 0 saturated carbocycles. The Balaban J connectivity index is 2.01. The molecule has 0 aliphatic carbocycles. The Bertz CT molecular complexity index is 908. The average molecular weight is 415 g/mol. The number of ether oxygens (including phenoxy) is 2. The molecule has 0 radical (unpaired) electrons. The van der Waals surface area contributed by atoms with Crippen LogP contribution >= 0.6 is 11.6 Å². The first-order chi connectivity index (χ1) is 13.8. The Morgan fingerprint density at radius 3 is 2.52 bits per heavy atom. The van der Waals surface area contributed by atoms with Crippen LogP contribution in [0.5, 0.6) is 11.5 Å². The minimum absolute atomic E-state index is 0.128. The van der Waals surface area contributed by atoms with Crippen molar-refractivity contribution >= 4 is 29.2 Å². The van der Waals surface area contributed by atoms with Gasteiger partial charge in [0.1, 0.15) is 11.5 Å². The van der Waals surface area contributed by atoms with Gasteiger partial charge in [-0.1, -0.05) is 25.4 Å². The highest BCUT2D eigenvalue weighted by Gasteiger charge is 2.36. The second-order valence-electron chi connectivity index (χ2n) is 8.30. The number of halogens is 1. The van der Waals surface area contributed by atoms with Gasteiger partial charge in [0, 0.05) is 35.6 Å². The molecule has 29 heavy (non-hydrogen) atoms. The van der Waals surface area contributed by atoms with Crippen LogP contribution in [0.2, 0.25) is 5.02 Å². The van der Waals surface area contributed by atoms with Crippen LogP contribution in [-0.4, -0.2) is 32.5 Å². The van der Waals surface area contributed by atoms with Gasteiger partial charge in [0.05, 0.1) is 24.9 Å². The fourth-order valence-electron chi connectivity index (χ4n) is 4.33. The van der Waals surface area contributed by atoms with Crippen LogP contribution in [0.3, 0.4) is 0 Å². The molecule has 0 saturated heterocycles. The van der Waals surface area contributed by atoms with E-state index in [0.717, 1.165) is 36.4 Å². The normalized spacial score (nSPS) is 18.0. The molecule has 4 nitrogen and oxygen atoms in total. The van der Waals surface area contributed by atoms with E-state index in [1.54, 1.807) is 20.3 Å². The van der Waals surface area contributed by atoms with Gasteiger partial charge in [0.2, 0.25) is 0 Å². The zero-order chi connectivity index (χ0) is 21.2. The van der Waals surface area contributed by atoms with Crippen LogP contribution in [0.4, 0.5) is 11.4 Å². The molecule has 0 amide bonds. The third-order valence-electron chi connectivity index (χ3n) is 5.67. The number of methoxy groups -OCH3 is 2. The van der Waals surface area contributed by atoms with Crippen molar-refractivity contribution in [3.63, 3.8) is 0 Å². The number of rotatable bonds is 6. The van der Waals surface area contributed by atoms with E-state index in [1.807, 2.05) is 18.3 Å². The Morgan fingerprint density at radius 2 is 1.90 bits per heavy atom. The molecule has 0 fully saturated rings. The molecule has 1 atom stereocenters. The number of hydrogen-bond donors (Lipinski definition) is 0. The van der Waals surface area contributed by atoms with Gasteiger partial charge in [-0.2, -0.15) is 0 Å². The van der Waals surface area contributed by atoms with E-state index in [-0.39, 0.29) is 5.54 Å². The molecule has 1 heterocycles. The second-order valence-corrected chi connectivity index (χ2v) is 8.71. The fourth-order valence-corrected chi connectivity index (χ4v) is 4.58. The summed E-state index contributed by atoms with van der Waals surface area (Å²) in [5.41, 5.74) is 4.51. The van der Waals surface area contributed by atoms with Crippen molar-refractivity contribution in [2.75, 3.05) is 25.7 Å². The lowest BCUT2D eigenvalue weighted by Crippen LogP contribution is -2.48. The monoisotopic (exact) mass is 414 g/mol. The molecule has 3 rings (SSSR count). The molecular formula is C24H31ClN2O2. The molecule has 156 valence electrons. The summed E-state index contributed by atoms with van der Waals surface area (Å²) in [4.78, 5) is 7.14. The molecule has 0 spiro atoms. The Morgan fingerprint density at radius 1 is 1.17 bits per heavy atom. The summed E-state index contributed by atoms with van der Waals surface area (Å²) in [6.45, 7) is 10.2. The standard InChI is InChI=1S/C24H31ClN2O2/c1-7-10-27-21-13-23(29-6)17(11-19(21)16(2)14-24(27,3)4)15-26-18-8-9-22(28-5)20(25)12-18/h8-9,11-13,15-16H,7,10,14H2,1-6H3. The van der Waals surface area contributed by atoms with Crippen LogP contribution in [0.1, 0.15) is 57.6 Å². The van der Waals surface area contributed by atoms with Gasteiger partial charge in [-0.25, -0.2) is 0 Å². The van der Waals surface area contributed by atoms with Gasteiger partial charge < -0.3 is 14.4 Å². The Labute approximate surface area is 179 Å². The maximum absolute atomic E-state index is 6.23. The molecule has 5 heteroatoms. The quantitative estimate of drug-likeness (QED) is 0.498. The molecule has 2 aromatic rings. The SMILES string of the molecule is CCCN1c2cc(OC)c(C=Nc3ccc(OC)c(Cl)c3)cc2C(C)CC1(C)C. The first-order valence-corrected chi connectivity index (χ1v) is 10.6. The van der Waals surface area contributed by atoms with Crippen molar-refractivity contribution in [2.24, 2.45) is 4.99 Å². The van der Waals surface area contributed by atoms with E-state index >= 15 is 0 Å². The van der Waals surface area contributed by atoms with Crippen molar-refractivity contribution in [1.82, 2.24) is 0 Å². The number of anilines is 1. The molecule has 1 aliphatic rings. The van der Waals surface area contributed by atoms with E-state index in [4.69, 9.17) is 21.1 Å². The molecule has 1 aliphatic heterocycles. The maximum Gasteiger partial charge on any atom is 0.137 e. The van der Waals surface area contributed by atoms with Gasteiger partial charge >= 0.3 is 0 Å². The van der Waals surface area contributed by atoms with E-state index in [2.05, 4.69) is 49.7 Å². The summed E-state index contributed by atoms with van der Waals surface area (Å²) >= 11 is 6.23. The van der Waals surface area contributed by atoms with Crippen LogP contribution in [0.15, 0.2) is 35.3 Å². The number of fused-ring (bicyclic) bond motifs is 1. The van der Waals surface area contributed by atoms with Crippen molar-refractivity contribution in [1.29, 1.82) is 0 Å². The fraction of sp³-hybridized carbons (Fsp3) is 0.458. The molecule has 0 bridgehead atoms. The van der Waals surface area contributed by atoms with Crippen molar-refractivity contribution in [3.8, 4) is 11.5 Å². The first kappa shape index (κ1) is 21.5. The minimum Gasteiger partial charge on any atom is -0.496 e. The Kier molecular flexibility index (Phi) is 6.42. The van der Waals surface area contributed by atoms with Gasteiger partial charge in [0.15, 0.2) is 0 Å². The van der Waals surface area contributed by atoms with Crippen molar-refractivity contribution < 1.29 is 9.47 Å². The molecule has 0 aromatic heterocycles. The van der Waals surface area contributed by atoms with Gasteiger partial charge in [0.25, 0.3) is 0 Å². The van der Waals surface area contributed by atoms with E-state index < -0.39 is 0 Å². The lowest BCUT2D eigenvalue weighted by atomic mass is 9.79. The van der Waals surface area contributed by atoms with E-state index in [1.165, 1.54) is 11.3 Å². The third kappa shape index (κ3) is 4.37. The lowest BCUT2D eigenvalue weighted by molar-refractivity contribution is 0.372. The summed E-state index contributed by atoms with van der Waals surface area (Å²) < 4.78 is 10.9. The van der Waals surface area contributed by atoms with E-state index in [0.29, 0.717) is 16.7 Å². The second kappa shape index (κ2) is 8.66. The van der Waals surface area contributed by atoms with Crippen molar-refractivity contribution in [3.05, 3.63) is 46.5 Å². The molecule has 0 N–H and O–H groups in total. The number of aliphatic imine (C=N–C) groups is 1. The summed E-state index contributed by atoms with van der Waals surface area (Å²) in [6.07, 6.45) is 4.09. The largest absolute Gasteiger partial charge is 0.496 e. The lowest BCUT2D eigenvalue weighted by Gasteiger charge is -2.47. The maximum atomic E-state index is 6.23. The van der Waals surface area contributed by atoms with Crippen LogP contribution < -0.4 is 14.4 Å². The number of nitrogens with zero attached hydrogens (tertiary/aromatic N) is 2. The summed E-state index contributed by atoms with van der Waals surface area (Å²) in [5, 5.41) is 0.547. The number of hydrogen-bond acceptors (Lipinski definition) is 4. The van der Waals surface area contributed by atoms with Gasteiger partial charge in [-0.3, -0.25) is 4.99 Å². The molecule has 1 unspecified atom stereocenters. The minimum atomic E-state index is 0.128. The molecular weight excluding hydrogens is 384 g/mol. The van der Waals surface area contributed by atoms with E-state index in [9.17, 15) is 0 Å². The van der Waals surface area contributed by atoms with Crippen LogP contribution in [-0.2, 0) is 0 Å².